The molecular weight excluding hydrogens is 244 g/mol. The topological polar surface area (TPSA) is 42.0 Å². The molecule has 0 aliphatic heterocycles. The van der Waals surface area contributed by atoms with Gasteiger partial charge in [-0.2, -0.15) is 0 Å². The van der Waals surface area contributed by atoms with E-state index in [-0.39, 0.29) is 5.91 Å². The lowest BCUT2D eigenvalue weighted by Crippen LogP contribution is -2.08. The SMILES string of the molecule is CCC(=O)Nc1nc(-c2ccc(C)cc2C)cs1. The largest absolute Gasteiger partial charge is 0.302 e. The summed E-state index contributed by atoms with van der Waals surface area (Å²) in [5, 5.41) is 5.42. The minimum atomic E-state index is -0.00321. The predicted molar refractivity (Wildman–Crippen MR) is 75.9 cm³/mol. The first-order valence-electron chi connectivity index (χ1n) is 5.93. The van der Waals surface area contributed by atoms with Crippen LogP contribution in [0.2, 0.25) is 0 Å². The van der Waals surface area contributed by atoms with E-state index in [9.17, 15) is 4.79 Å². The van der Waals surface area contributed by atoms with Crippen LogP contribution in [0, 0.1) is 13.8 Å². The summed E-state index contributed by atoms with van der Waals surface area (Å²) in [5.41, 5.74) is 4.48. The van der Waals surface area contributed by atoms with Crippen LogP contribution in [0.25, 0.3) is 11.3 Å². The van der Waals surface area contributed by atoms with Crippen LogP contribution in [0.4, 0.5) is 5.13 Å². The second-order valence-electron chi connectivity index (χ2n) is 4.26. The van der Waals surface area contributed by atoms with E-state index in [0.717, 1.165) is 11.3 Å². The van der Waals surface area contributed by atoms with Gasteiger partial charge in [0, 0.05) is 17.4 Å². The number of anilines is 1. The highest BCUT2D eigenvalue weighted by molar-refractivity contribution is 7.14. The van der Waals surface area contributed by atoms with E-state index in [1.165, 1.54) is 22.5 Å². The van der Waals surface area contributed by atoms with Crippen molar-refractivity contribution in [3.05, 3.63) is 34.7 Å². The van der Waals surface area contributed by atoms with Gasteiger partial charge in [0.05, 0.1) is 5.69 Å². The number of rotatable bonds is 3. The molecule has 1 N–H and O–H groups in total. The van der Waals surface area contributed by atoms with Gasteiger partial charge in [-0.1, -0.05) is 30.7 Å². The van der Waals surface area contributed by atoms with Gasteiger partial charge in [-0.25, -0.2) is 4.98 Å². The maximum Gasteiger partial charge on any atom is 0.225 e. The Morgan fingerprint density at radius 1 is 1.39 bits per heavy atom. The van der Waals surface area contributed by atoms with Crippen molar-refractivity contribution in [2.75, 3.05) is 5.32 Å². The number of carbonyl (C=O) groups is 1. The summed E-state index contributed by atoms with van der Waals surface area (Å²) >= 11 is 1.46. The van der Waals surface area contributed by atoms with Crippen molar-refractivity contribution in [1.82, 2.24) is 4.98 Å². The van der Waals surface area contributed by atoms with Crippen molar-refractivity contribution in [3.63, 3.8) is 0 Å². The fourth-order valence-corrected chi connectivity index (χ4v) is 2.49. The maximum absolute atomic E-state index is 11.3. The first-order valence-corrected chi connectivity index (χ1v) is 6.81. The monoisotopic (exact) mass is 260 g/mol. The van der Waals surface area contributed by atoms with Crippen LogP contribution in [0.1, 0.15) is 24.5 Å². The Hall–Kier alpha value is -1.68. The fourth-order valence-electron chi connectivity index (χ4n) is 1.76. The Morgan fingerprint density at radius 3 is 2.83 bits per heavy atom. The van der Waals surface area contributed by atoms with Gasteiger partial charge in [-0.3, -0.25) is 4.79 Å². The van der Waals surface area contributed by atoms with Crippen LogP contribution >= 0.6 is 11.3 Å². The van der Waals surface area contributed by atoms with Crippen molar-refractivity contribution in [2.24, 2.45) is 0 Å². The molecule has 1 heterocycles. The zero-order valence-electron chi connectivity index (χ0n) is 10.8. The van der Waals surface area contributed by atoms with Gasteiger partial charge in [0.2, 0.25) is 5.91 Å². The van der Waals surface area contributed by atoms with Crippen LogP contribution < -0.4 is 5.32 Å². The summed E-state index contributed by atoms with van der Waals surface area (Å²) in [4.78, 5) is 15.7. The van der Waals surface area contributed by atoms with E-state index in [1.54, 1.807) is 0 Å². The molecule has 0 fully saturated rings. The summed E-state index contributed by atoms with van der Waals surface area (Å²) in [6.45, 7) is 5.98. The lowest BCUT2D eigenvalue weighted by molar-refractivity contribution is -0.115. The first-order chi connectivity index (χ1) is 8.60. The average molecular weight is 260 g/mol. The number of amides is 1. The molecule has 0 bridgehead atoms. The normalized spacial score (nSPS) is 10.4. The van der Waals surface area contributed by atoms with Gasteiger partial charge in [0.1, 0.15) is 0 Å². The Morgan fingerprint density at radius 2 is 2.17 bits per heavy atom. The van der Waals surface area contributed by atoms with Crippen LogP contribution in [-0.2, 0) is 4.79 Å². The highest BCUT2D eigenvalue weighted by Gasteiger charge is 2.08. The molecule has 1 amide bonds. The van der Waals surface area contributed by atoms with Gasteiger partial charge < -0.3 is 5.32 Å². The second-order valence-corrected chi connectivity index (χ2v) is 5.12. The zero-order chi connectivity index (χ0) is 13.1. The molecule has 18 heavy (non-hydrogen) atoms. The molecule has 2 aromatic rings. The molecule has 0 spiro atoms. The Labute approximate surface area is 111 Å². The van der Waals surface area contributed by atoms with E-state index in [0.29, 0.717) is 11.6 Å². The van der Waals surface area contributed by atoms with Crippen molar-refractivity contribution in [2.45, 2.75) is 27.2 Å². The summed E-state index contributed by atoms with van der Waals surface area (Å²) in [6, 6.07) is 6.29. The Kier molecular flexibility index (Phi) is 3.77. The first kappa shape index (κ1) is 12.8. The molecule has 94 valence electrons. The fraction of sp³-hybridized carbons (Fsp3) is 0.286. The molecule has 0 atom stereocenters. The van der Waals surface area contributed by atoms with Crippen LogP contribution in [0.15, 0.2) is 23.6 Å². The molecule has 1 aromatic heterocycles. The minimum Gasteiger partial charge on any atom is -0.302 e. The molecule has 4 heteroatoms. The third kappa shape index (κ3) is 2.76. The highest BCUT2D eigenvalue weighted by Crippen LogP contribution is 2.27. The number of carbonyl (C=O) groups excluding carboxylic acids is 1. The molecule has 0 saturated heterocycles. The molecule has 1 aromatic carbocycles. The summed E-state index contributed by atoms with van der Waals surface area (Å²) < 4.78 is 0. The number of aromatic nitrogens is 1. The van der Waals surface area contributed by atoms with Crippen LogP contribution in [0.5, 0.6) is 0 Å². The van der Waals surface area contributed by atoms with Crippen LogP contribution in [-0.4, -0.2) is 10.9 Å². The zero-order valence-corrected chi connectivity index (χ0v) is 11.6. The lowest BCUT2D eigenvalue weighted by Gasteiger charge is -2.03. The molecule has 3 nitrogen and oxygen atoms in total. The average Bonchev–Trinajstić information content (AvgIpc) is 2.77. The summed E-state index contributed by atoms with van der Waals surface area (Å²) in [7, 11) is 0. The molecule has 2 rings (SSSR count). The highest BCUT2D eigenvalue weighted by atomic mass is 32.1. The number of hydrogen-bond acceptors (Lipinski definition) is 3. The van der Waals surface area contributed by atoms with E-state index in [2.05, 4.69) is 42.3 Å². The number of aryl methyl sites for hydroxylation is 2. The summed E-state index contributed by atoms with van der Waals surface area (Å²) in [6.07, 6.45) is 0.471. The molecule has 0 aliphatic carbocycles. The third-order valence-electron chi connectivity index (χ3n) is 2.73. The predicted octanol–water partition coefficient (Wildman–Crippen LogP) is 3.78. The summed E-state index contributed by atoms with van der Waals surface area (Å²) in [5.74, 6) is -0.00321. The molecular formula is C14H16N2OS. The smallest absolute Gasteiger partial charge is 0.225 e. The van der Waals surface area contributed by atoms with Crippen molar-refractivity contribution >= 4 is 22.4 Å². The number of nitrogens with one attached hydrogen (secondary N) is 1. The molecule has 0 radical (unpaired) electrons. The minimum absolute atomic E-state index is 0.00321. The van der Waals surface area contributed by atoms with E-state index >= 15 is 0 Å². The van der Waals surface area contributed by atoms with E-state index in [1.807, 2.05) is 12.3 Å². The Balaban J connectivity index is 2.26. The molecule has 0 saturated carbocycles. The number of hydrogen-bond donors (Lipinski definition) is 1. The van der Waals surface area contributed by atoms with Gasteiger partial charge in [0.15, 0.2) is 5.13 Å². The van der Waals surface area contributed by atoms with Gasteiger partial charge in [-0.05, 0) is 19.4 Å². The molecule has 0 unspecified atom stereocenters. The Bertz CT molecular complexity index is 575. The molecule has 0 aliphatic rings. The number of benzene rings is 1. The third-order valence-corrected chi connectivity index (χ3v) is 3.49. The lowest BCUT2D eigenvalue weighted by atomic mass is 10.0. The van der Waals surface area contributed by atoms with E-state index in [4.69, 9.17) is 0 Å². The van der Waals surface area contributed by atoms with E-state index < -0.39 is 0 Å². The quantitative estimate of drug-likeness (QED) is 0.912. The second kappa shape index (κ2) is 5.31. The maximum atomic E-state index is 11.3. The van der Waals surface area contributed by atoms with Crippen molar-refractivity contribution in [1.29, 1.82) is 0 Å². The number of nitrogens with zero attached hydrogens (tertiary/aromatic N) is 1. The van der Waals surface area contributed by atoms with Crippen LogP contribution in [0.3, 0.4) is 0 Å². The van der Waals surface area contributed by atoms with Crippen molar-refractivity contribution in [3.8, 4) is 11.3 Å². The van der Waals surface area contributed by atoms with Gasteiger partial charge in [0.25, 0.3) is 0 Å². The van der Waals surface area contributed by atoms with Gasteiger partial charge in [-0.15, -0.1) is 11.3 Å². The van der Waals surface area contributed by atoms with Crippen molar-refractivity contribution < 1.29 is 4.79 Å². The number of thiazole rings is 1. The van der Waals surface area contributed by atoms with Gasteiger partial charge >= 0.3 is 0 Å². The standard InChI is InChI=1S/C14H16N2OS/c1-4-13(17)16-14-15-12(8-18-14)11-6-5-9(2)7-10(11)3/h5-8H,4H2,1-3H3,(H,15,16,17).